The molecule has 0 radical (unpaired) electrons. The SMILES string of the molecule is CCN1C(=O)C(Nc2ccc(OC(F)(F)F)cc2)=C(c2ccc(OCC(C)C)cc2)C1=O. The Balaban J connectivity index is 1.89. The number of alkyl halides is 3. The minimum Gasteiger partial charge on any atom is -0.493 e. The summed E-state index contributed by atoms with van der Waals surface area (Å²) in [4.78, 5) is 26.8. The zero-order valence-corrected chi connectivity index (χ0v) is 17.8. The average Bonchev–Trinajstić information content (AvgIpc) is 2.96. The number of nitrogens with zero attached hydrogens (tertiary/aromatic N) is 1. The van der Waals surface area contributed by atoms with Gasteiger partial charge in [-0.25, -0.2) is 0 Å². The number of likely N-dealkylation sites (N-methyl/N-ethyl adjacent to an activating group) is 1. The van der Waals surface area contributed by atoms with Crippen LogP contribution in [-0.4, -0.2) is 36.2 Å². The van der Waals surface area contributed by atoms with Crippen LogP contribution in [0.5, 0.6) is 11.5 Å². The summed E-state index contributed by atoms with van der Waals surface area (Å²) in [5.74, 6) is -0.357. The molecule has 0 saturated carbocycles. The first-order valence-corrected chi connectivity index (χ1v) is 10.1. The van der Waals surface area contributed by atoms with Gasteiger partial charge < -0.3 is 14.8 Å². The lowest BCUT2D eigenvalue weighted by atomic mass is 10.0. The van der Waals surface area contributed by atoms with Crippen LogP contribution in [0.3, 0.4) is 0 Å². The summed E-state index contributed by atoms with van der Waals surface area (Å²) < 4.78 is 46.6. The van der Waals surface area contributed by atoms with E-state index in [0.717, 1.165) is 17.0 Å². The second-order valence-corrected chi connectivity index (χ2v) is 7.53. The lowest BCUT2D eigenvalue weighted by Gasteiger charge is -2.12. The smallest absolute Gasteiger partial charge is 0.493 e. The van der Waals surface area contributed by atoms with Crippen molar-refractivity contribution in [2.24, 2.45) is 5.92 Å². The Kier molecular flexibility index (Phi) is 6.76. The van der Waals surface area contributed by atoms with Crippen molar-refractivity contribution in [2.75, 3.05) is 18.5 Å². The van der Waals surface area contributed by atoms with Gasteiger partial charge in [0.05, 0.1) is 12.2 Å². The highest BCUT2D eigenvalue weighted by molar-refractivity contribution is 6.36. The third-order valence-corrected chi connectivity index (χ3v) is 4.57. The Morgan fingerprint density at radius 3 is 2.06 bits per heavy atom. The molecule has 0 aromatic heterocycles. The summed E-state index contributed by atoms with van der Waals surface area (Å²) in [6.07, 6.45) is -4.80. The molecule has 1 aliphatic heterocycles. The molecule has 0 saturated heterocycles. The van der Waals surface area contributed by atoms with Crippen LogP contribution in [0.15, 0.2) is 54.2 Å². The predicted octanol–water partition coefficient (Wildman–Crippen LogP) is 4.83. The standard InChI is InChI=1S/C23H23F3N2O4/c1-4-28-21(29)19(15-5-9-17(10-6-15)31-13-14(2)3)20(22(28)30)27-16-7-11-18(12-8-16)32-23(24,25)26/h5-12,14,27H,4,13H2,1-3H3. The van der Waals surface area contributed by atoms with Crippen LogP contribution >= 0.6 is 0 Å². The van der Waals surface area contributed by atoms with Crippen molar-refractivity contribution in [3.8, 4) is 11.5 Å². The van der Waals surface area contributed by atoms with E-state index in [0.29, 0.717) is 29.5 Å². The molecule has 0 spiro atoms. The predicted molar refractivity (Wildman–Crippen MR) is 113 cm³/mol. The van der Waals surface area contributed by atoms with Gasteiger partial charge in [0.1, 0.15) is 17.2 Å². The zero-order chi connectivity index (χ0) is 23.5. The minimum atomic E-state index is -4.80. The molecule has 170 valence electrons. The summed E-state index contributed by atoms with van der Waals surface area (Å²) in [7, 11) is 0. The highest BCUT2D eigenvalue weighted by atomic mass is 19.4. The maximum atomic E-state index is 12.9. The second-order valence-electron chi connectivity index (χ2n) is 7.53. The van der Waals surface area contributed by atoms with Gasteiger partial charge in [0, 0.05) is 12.2 Å². The fraction of sp³-hybridized carbons (Fsp3) is 0.304. The Hall–Kier alpha value is -3.49. The number of carbonyl (C=O) groups is 2. The van der Waals surface area contributed by atoms with Crippen LogP contribution in [0, 0.1) is 5.92 Å². The van der Waals surface area contributed by atoms with E-state index in [1.807, 2.05) is 13.8 Å². The van der Waals surface area contributed by atoms with Gasteiger partial charge in [-0.1, -0.05) is 26.0 Å². The van der Waals surface area contributed by atoms with E-state index >= 15 is 0 Å². The number of hydrogen-bond acceptors (Lipinski definition) is 5. The second kappa shape index (κ2) is 9.33. The molecule has 6 nitrogen and oxygen atoms in total. The molecule has 0 unspecified atom stereocenters. The third-order valence-electron chi connectivity index (χ3n) is 4.57. The first-order chi connectivity index (χ1) is 15.1. The van der Waals surface area contributed by atoms with Crippen molar-refractivity contribution in [3.05, 3.63) is 59.8 Å². The van der Waals surface area contributed by atoms with Gasteiger partial charge in [0.15, 0.2) is 0 Å². The number of rotatable bonds is 8. The lowest BCUT2D eigenvalue weighted by molar-refractivity contribution is -0.274. The summed E-state index contributed by atoms with van der Waals surface area (Å²) in [5, 5.41) is 2.88. The van der Waals surface area contributed by atoms with Crippen LogP contribution in [0.25, 0.3) is 5.57 Å². The summed E-state index contributed by atoms with van der Waals surface area (Å²) in [5.41, 5.74) is 1.10. The van der Waals surface area contributed by atoms with Crippen molar-refractivity contribution in [1.29, 1.82) is 0 Å². The van der Waals surface area contributed by atoms with Gasteiger partial charge in [-0.3, -0.25) is 14.5 Å². The number of ether oxygens (including phenoxy) is 2. The van der Waals surface area contributed by atoms with E-state index in [1.54, 1.807) is 31.2 Å². The van der Waals surface area contributed by atoms with E-state index in [1.165, 1.54) is 12.1 Å². The molecule has 2 amide bonds. The number of hydrogen-bond donors (Lipinski definition) is 1. The van der Waals surface area contributed by atoms with E-state index in [2.05, 4.69) is 10.1 Å². The molecule has 9 heteroatoms. The maximum absolute atomic E-state index is 12.9. The molecule has 2 aromatic carbocycles. The number of nitrogens with one attached hydrogen (secondary N) is 1. The quantitative estimate of drug-likeness (QED) is 0.586. The van der Waals surface area contributed by atoms with Gasteiger partial charge in [-0.05, 0) is 54.8 Å². The highest BCUT2D eigenvalue weighted by Crippen LogP contribution is 2.32. The number of benzene rings is 2. The van der Waals surface area contributed by atoms with Gasteiger partial charge >= 0.3 is 6.36 Å². The number of carbonyl (C=O) groups excluding carboxylic acids is 2. The molecule has 0 aliphatic carbocycles. The fourth-order valence-electron chi connectivity index (χ4n) is 3.11. The first-order valence-electron chi connectivity index (χ1n) is 10.1. The molecule has 1 heterocycles. The number of imide groups is 1. The molecule has 1 aliphatic rings. The first kappa shape index (κ1) is 23.2. The van der Waals surface area contributed by atoms with Crippen LogP contribution in [0.1, 0.15) is 26.3 Å². The minimum absolute atomic E-state index is 0.0530. The van der Waals surface area contributed by atoms with E-state index in [-0.39, 0.29) is 17.8 Å². The van der Waals surface area contributed by atoms with Crippen molar-refractivity contribution >= 4 is 23.1 Å². The topological polar surface area (TPSA) is 67.9 Å². The Bertz CT molecular complexity index is 1010. The monoisotopic (exact) mass is 448 g/mol. The normalized spacial score (nSPS) is 14.4. The van der Waals surface area contributed by atoms with Crippen molar-refractivity contribution < 1.29 is 32.2 Å². The van der Waals surface area contributed by atoms with Crippen molar-refractivity contribution in [2.45, 2.75) is 27.1 Å². The van der Waals surface area contributed by atoms with Crippen molar-refractivity contribution in [3.63, 3.8) is 0 Å². The Morgan fingerprint density at radius 2 is 1.53 bits per heavy atom. The molecule has 32 heavy (non-hydrogen) atoms. The molecule has 0 fully saturated rings. The van der Waals surface area contributed by atoms with Gasteiger partial charge in [0.25, 0.3) is 11.8 Å². The maximum Gasteiger partial charge on any atom is 0.573 e. The zero-order valence-electron chi connectivity index (χ0n) is 17.8. The van der Waals surface area contributed by atoms with Crippen LogP contribution in [-0.2, 0) is 9.59 Å². The van der Waals surface area contributed by atoms with E-state index in [4.69, 9.17) is 4.74 Å². The molecule has 0 atom stereocenters. The van der Waals surface area contributed by atoms with E-state index in [9.17, 15) is 22.8 Å². The van der Waals surface area contributed by atoms with Gasteiger partial charge in [-0.15, -0.1) is 13.2 Å². The fourth-order valence-corrected chi connectivity index (χ4v) is 3.11. The van der Waals surface area contributed by atoms with Crippen LogP contribution < -0.4 is 14.8 Å². The average molecular weight is 448 g/mol. The summed E-state index contributed by atoms with van der Waals surface area (Å²) >= 11 is 0. The molecule has 1 N–H and O–H groups in total. The lowest BCUT2D eigenvalue weighted by Crippen LogP contribution is -2.32. The number of anilines is 1. The van der Waals surface area contributed by atoms with Crippen molar-refractivity contribution in [1.82, 2.24) is 4.90 Å². The van der Waals surface area contributed by atoms with Gasteiger partial charge in [-0.2, -0.15) is 0 Å². The van der Waals surface area contributed by atoms with Gasteiger partial charge in [0.2, 0.25) is 0 Å². The summed E-state index contributed by atoms with van der Waals surface area (Å²) in [6, 6.07) is 11.7. The highest BCUT2D eigenvalue weighted by Gasteiger charge is 2.38. The number of amides is 2. The largest absolute Gasteiger partial charge is 0.573 e. The Morgan fingerprint density at radius 1 is 0.938 bits per heavy atom. The molecule has 0 bridgehead atoms. The van der Waals surface area contributed by atoms with E-state index < -0.39 is 23.9 Å². The molecular formula is C23H23F3N2O4. The molecule has 3 rings (SSSR count). The van der Waals surface area contributed by atoms with Crippen LogP contribution in [0.4, 0.5) is 18.9 Å². The third kappa shape index (κ3) is 5.40. The molecule has 2 aromatic rings. The molecular weight excluding hydrogens is 425 g/mol. The Labute approximate surface area is 183 Å². The number of halogens is 3. The summed E-state index contributed by atoms with van der Waals surface area (Å²) in [6.45, 7) is 6.47. The van der Waals surface area contributed by atoms with Crippen LogP contribution in [0.2, 0.25) is 0 Å².